The summed E-state index contributed by atoms with van der Waals surface area (Å²) in [6.07, 6.45) is 1.73. The Morgan fingerprint density at radius 3 is 2.61 bits per heavy atom. The maximum absolute atomic E-state index is 12.2. The van der Waals surface area contributed by atoms with Crippen molar-refractivity contribution in [3.05, 3.63) is 58.7 Å². The number of halogens is 1. The Balaban J connectivity index is 2.11. The van der Waals surface area contributed by atoms with E-state index in [-0.39, 0.29) is 11.0 Å². The van der Waals surface area contributed by atoms with Crippen LogP contribution in [0.1, 0.15) is 17.3 Å². The van der Waals surface area contributed by atoms with Crippen LogP contribution in [0, 0.1) is 0 Å². The summed E-state index contributed by atoms with van der Waals surface area (Å²) in [6.45, 7) is 1.90. The zero-order valence-corrected chi connectivity index (χ0v) is 12.2. The van der Waals surface area contributed by atoms with Crippen LogP contribution < -0.4 is 0 Å². The molecule has 0 radical (unpaired) electrons. The Kier molecular flexibility index (Phi) is 4.55. The van der Waals surface area contributed by atoms with E-state index in [4.69, 9.17) is 0 Å². The van der Waals surface area contributed by atoms with Gasteiger partial charge in [0.2, 0.25) is 0 Å². The van der Waals surface area contributed by atoms with Gasteiger partial charge in [-0.1, -0.05) is 42.1 Å². The summed E-state index contributed by atoms with van der Waals surface area (Å²) in [5.41, 5.74) is 0.740. The summed E-state index contributed by atoms with van der Waals surface area (Å²) in [7, 11) is 0. The highest BCUT2D eigenvalue weighted by Gasteiger charge is 2.17. The van der Waals surface area contributed by atoms with Gasteiger partial charge >= 0.3 is 0 Å². The van der Waals surface area contributed by atoms with Crippen LogP contribution in [-0.2, 0) is 0 Å². The highest BCUT2D eigenvalue weighted by Crippen LogP contribution is 2.29. The molecule has 1 unspecified atom stereocenters. The monoisotopic (exact) mass is 321 g/mol. The number of hydrogen-bond donors (Lipinski definition) is 0. The average molecular weight is 322 g/mol. The summed E-state index contributed by atoms with van der Waals surface area (Å²) >= 11 is 4.90. The molecule has 0 saturated carbocycles. The predicted molar refractivity (Wildman–Crippen MR) is 78.0 cm³/mol. The summed E-state index contributed by atoms with van der Waals surface area (Å²) in [5.74, 6) is 0.123. The van der Waals surface area contributed by atoms with Gasteiger partial charge in [0.1, 0.15) is 5.03 Å². The number of benzene rings is 1. The van der Waals surface area contributed by atoms with Crippen LogP contribution in [0.4, 0.5) is 0 Å². The fourth-order valence-corrected chi connectivity index (χ4v) is 2.93. The van der Waals surface area contributed by atoms with E-state index in [2.05, 4.69) is 20.9 Å². The van der Waals surface area contributed by atoms with E-state index in [1.807, 2.05) is 49.4 Å². The zero-order chi connectivity index (χ0) is 13.0. The third-order valence-electron chi connectivity index (χ3n) is 2.44. The van der Waals surface area contributed by atoms with Gasteiger partial charge in [-0.3, -0.25) is 4.79 Å². The highest BCUT2D eigenvalue weighted by atomic mass is 79.9. The fourth-order valence-electron chi connectivity index (χ4n) is 1.52. The third kappa shape index (κ3) is 3.21. The molecule has 92 valence electrons. The minimum atomic E-state index is -0.154. The molecule has 2 aromatic rings. The molecule has 0 saturated heterocycles. The molecule has 0 spiro atoms. The largest absolute Gasteiger partial charge is 0.293 e. The van der Waals surface area contributed by atoms with Gasteiger partial charge < -0.3 is 0 Å². The molecule has 0 amide bonds. The quantitative estimate of drug-likeness (QED) is 0.624. The van der Waals surface area contributed by atoms with E-state index in [1.54, 1.807) is 6.20 Å². The first-order valence-corrected chi connectivity index (χ1v) is 7.22. The SMILES string of the molecule is CC(Sc1ncccc1Br)C(=O)c1ccccc1. The van der Waals surface area contributed by atoms with Crippen LogP contribution in [0.25, 0.3) is 0 Å². The maximum atomic E-state index is 12.2. The van der Waals surface area contributed by atoms with Gasteiger partial charge in [0.15, 0.2) is 5.78 Å². The van der Waals surface area contributed by atoms with Crippen LogP contribution in [0.15, 0.2) is 58.2 Å². The van der Waals surface area contributed by atoms with Crippen LogP contribution in [0.2, 0.25) is 0 Å². The van der Waals surface area contributed by atoms with Crippen molar-refractivity contribution < 1.29 is 4.79 Å². The molecule has 0 aliphatic heterocycles. The molecule has 18 heavy (non-hydrogen) atoms. The number of pyridine rings is 1. The van der Waals surface area contributed by atoms with Crippen molar-refractivity contribution in [2.75, 3.05) is 0 Å². The van der Waals surface area contributed by atoms with Gasteiger partial charge in [0, 0.05) is 16.2 Å². The fraction of sp³-hybridized carbons (Fsp3) is 0.143. The Morgan fingerprint density at radius 2 is 1.94 bits per heavy atom. The van der Waals surface area contributed by atoms with Crippen molar-refractivity contribution in [2.24, 2.45) is 0 Å². The van der Waals surface area contributed by atoms with E-state index in [1.165, 1.54) is 11.8 Å². The molecule has 4 heteroatoms. The molecule has 1 atom stereocenters. The predicted octanol–water partition coefficient (Wildman–Crippen LogP) is 4.21. The molecule has 0 fully saturated rings. The lowest BCUT2D eigenvalue weighted by Crippen LogP contribution is -2.13. The standard InChI is InChI=1S/C14H12BrNOS/c1-10(13(17)11-6-3-2-4-7-11)18-14-12(15)8-5-9-16-14/h2-10H,1H3. The number of Topliss-reactive ketones (excluding diaryl/α,β-unsaturated/α-hetero) is 1. The number of carbonyl (C=O) groups is 1. The van der Waals surface area contributed by atoms with Crippen LogP contribution in [-0.4, -0.2) is 16.0 Å². The van der Waals surface area contributed by atoms with Crippen LogP contribution in [0.3, 0.4) is 0 Å². The molecular formula is C14H12BrNOS. The number of ketones is 1. The molecule has 2 rings (SSSR count). The van der Waals surface area contributed by atoms with Crippen LogP contribution >= 0.6 is 27.7 Å². The van der Waals surface area contributed by atoms with Gasteiger partial charge in [-0.2, -0.15) is 0 Å². The first-order valence-electron chi connectivity index (χ1n) is 5.55. The van der Waals surface area contributed by atoms with Crippen molar-refractivity contribution in [2.45, 2.75) is 17.2 Å². The highest BCUT2D eigenvalue weighted by molar-refractivity contribution is 9.10. The molecule has 0 bridgehead atoms. The van der Waals surface area contributed by atoms with Crippen molar-refractivity contribution in [1.29, 1.82) is 0 Å². The molecule has 1 aromatic carbocycles. The van der Waals surface area contributed by atoms with Gasteiger partial charge in [0.25, 0.3) is 0 Å². The number of aromatic nitrogens is 1. The summed E-state index contributed by atoms with van der Waals surface area (Å²) in [5, 5.41) is 0.688. The van der Waals surface area contributed by atoms with Gasteiger partial charge in [-0.05, 0) is 35.0 Å². The topological polar surface area (TPSA) is 30.0 Å². The Bertz CT molecular complexity index is 545. The molecule has 1 heterocycles. The summed E-state index contributed by atoms with van der Waals surface area (Å²) in [4.78, 5) is 16.5. The Hall–Kier alpha value is -1.13. The molecule has 0 N–H and O–H groups in total. The second kappa shape index (κ2) is 6.16. The van der Waals surface area contributed by atoms with E-state index in [0.717, 1.165) is 15.1 Å². The number of hydrogen-bond acceptors (Lipinski definition) is 3. The molecule has 0 aliphatic carbocycles. The molecule has 0 aliphatic rings. The van der Waals surface area contributed by atoms with Crippen molar-refractivity contribution in [1.82, 2.24) is 4.98 Å². The average Bonchev–Trinajstić information content (AvgIpc) is 2.41. The summed E-state index contributed by atoms with van der Waals surface area (Å²) < 4.78 is 0.919. The van der Waals surface area contributed by atoms with Crippen molar-refractivity contribution in [3.63, 3.8) is 0 Å². The minimum Gasteiger partial charge on any atom is -0.293 e. The van der Waals surface area contributed by atoms with Crippen molar-refractivity contribution >= 4 is 33.5 Å². The lowest BCUT2D eigenvalue weighted by molar-refractivity contribution is 0.0994. The minimum absolute atomic E-state index is 0.123. The zero-order valence-electron chi connectivity index (χ0n) is 9.84. The summed E-state index contributed by atoms with van der Waals surface area (Å²) in [6, 6.07) is 13.1. The number of thioether (sulfide) groups is 1. The smallest absolute Gasteiger partial charge is 0.175 e. The van der Waals surface area contributed by atoms with Crippen molar-refractivity contribution in [3.8, 4) is 0 Å². The second-order valence-corrected chi connectivity index (χ2v) is 5.96. The third-order valence-corrected chi connectivity index (χ3v) is 4.46. The van der Waals surface area contributed by atoms with Gasteiger partial charge in [0.05, 0.1) is 5.25 Å². The van der Waals surface area contributed by atoms with E-state index in [9.17, 15) is 4.79 Å². The van der Waals surface area contributed by atoms with E-state index < -0.39 is 0 Å². The first-order chi connectivity index (χ1) is 8.68. The van der Waals surface area contributed by atoms with E-state index >= 15 is 0 Å². The Labute approximate surface area is 119 Å². The lowest BCUT2D eigenvalue weighted by atomic mass is 10.1. The first kappa shape index (κ1) is 13.3. The number of nitrogens with zero attached hydrogens (tertiary/aromatic N) is 1. The molecular weight excluding hydrogens is 310 g/mol. The Morgan fingerprint density at radius 1 is 1.22 bits per heavy atom. The number of rotatable bonds is 4. The van der Waals surface area contributed by atoms with Gasteiger partial charge in [-0.15, -0.1) is 0 Å². The van der Waals surface area contributed by atoms with Crippen LogP contribution in [0.5, 0.6) is 0 Å². The van der Waals surface area contributed by atoms with E-state index in [0.29, 0.717) is 0 Å². The molecule has 2 nitrogen and oxygen atoms in total. The second-order valence-electron chi connectivity index (χ2n) is 3.78. The number of carbonyl (C=O) groups excluding carboxylic acids is 1. The lowest BCUT2D eigenvalue weighted by Gasteiger charge is -2.10. The normalized spacial score (nSPS) is 12.1. The molecule has 1 aromatic heterocycles. The van der Waals surface area contributed by atoms with Gasteiger partial charge in [-0.25, -0.2) is 4.98 Å². The maximum Gasteiger partial charge on any atom is 0.175 e.